The number of fused-ring (bicyclic) bond motifs is 1. The van der Waals surface area contributed by atoms with Crippen molar-refractivity contribution in [3.63, 3.8) is 0 Å². The average Bonchev–Trinajstić information content (AvgIpc) is 3.23. The quantitative estimate of drug-likeness (QED) is 0.793. The maximum atomic E-state index is 12.9. The van der Waals surface area contributed by atoms with Gasteiger partial charge in [-0.25, -0.2) is 0 Å². The summed E-state index contributed by atoms with van der Waals surface area (Å²) in [6.45, 7) is 7.58. The molecular formula is C20H26N4O3S. The Morgan fingerprint density at radius 3 is 2.75 bits per heavy atom. The Kier molecular flexibility index (Phi) is 5.61. The van der Waals surface area contributed by atoms with E-state index >= 15 is 0 Å². The van der Waals surface area contributed by atoms with Crippen LogP contribution in [0.3, 0.4) is 0 Å². The third kappa shape index (κ3) is 3.76. The summed E-state index contributed by atoms with van der Waals surface area (Å²) in [7, 11) is 0. The first kappa shape index (κ1) is 19.3. The lowest BCUT2D eigenvalue weighted by Gasteiger charge is -2.34. The summed E-state index contributed by atoms with van der Waals surface area (Å²) in [6.07, 6.45) is 1.99. The molecule has 2 saturated heterocycles. The molecule has 1 atom stereocenters. The summed E-state index contributed by atoms with van der Waals surface area (Å²) in [6, 6.07) is 5.22. The Morgan fingerprint density at radius 2 is 2.07 bits per heavy atom. The van der Waals surface area contributed by atoms with Gasteiger partial charge in [0.2, 0.25) is 0 Å². The first-order chi connectivity index (χ1) is 13.6. The van der Waals surface area contributed by atoms with Crippen LogP contribution in [-0.2, 0) is 11.3 Å². The highest BCUT2D eigenvalue weighted by Gasteiger charge is 2.22. The van der Waals surface area contributed by atoms with Gasteiger partial charge in [0.15, 0.2) is 4.77 Å². The first-order valence-electron chi connectivity index (χ1n) is 9.97. The van der Waals surface area contributed by atoms with E-state index in [1.54, 1.807) is 22.8 Å². The minimum Gasteiger partial charge on any atom is -0.376 e. The molecule has 3 heterocycles. The second kappa shape index (κ2) is 8.14. The van der Waals surface area contributed by atoms with Gasteiger partial charge in [-0.1, -0.05) is 6.92 Å². The van der Waals surface area contributed by atoms with Gasteiger partial charge in [-0.2, -0.15) is 0 Å². The predicted octanol–water partition coefficient (Wildman–Crippen LogP) is 2.02. The molecule has 0 radical (unpaired) electrons. The number of hydrogen-bond donors (Lipinski definition) is 1. The highest BCUT2D eigenvalue weighted by atomic mass is 32.1. The van der Waals surface area contributed by atoms with Crippen molar-refractivity contribution in [2.45, 2.75) is 32.4 Å². The summed E-state index contributed by atoms with van der Waals surface area (Å²) in [5.74, 6) is 0.000468. The number of nitrogens with zero attached hydrogens (tertiary/aromatic N) is 3. The number of amides is 1. The van der Waals surface area contributed by atoms with Crippen molar-refractivity contribution >= 4 is 29.0 Å². The van der Waals surface area contributed by atoms with Crippen molar-refractivity contribution in [3.8, 4) is 0 Å². The van der Waals surface area contributed by atoms with Gasteiger partial charge in [0.1, 0.15) is 0 Å². The van der Waals surface area contributed by atoms with Crippen molar-refractivity contribution in [1.82, 2.24) is 19.4 Å². The number of rotatable bonds is 4. The summed E-state index contributed by atoms with van der Waals surface area (Å²) in [5.41, 5.74) is 1.06. The Balaban J connectivity index is 1.60. The molecule has 1 aromatic heterocycles. The van der Waals surface area contributed by atoms with Crippen LogP contribution in [0.4, 0.5) is 0 Å². The van der Waals surface area contributed by atoms with Gasteiger partial charge in [0, 0.05) is 38.3 Å². The van der Waals surface area contributed by atoms with Gasteiger partial charge in [-0.3, -0.25) is 14.2 Å². The van der Waals surface area contributed by atoms with Crippen LogP contribution < -0.4 is 5.56 Å². The molecule has 150 valence electrons. The number of aromatic nitrogens is 2. The number of H-pyrrole nitrogens is 1. The molecular weight excluding hydrogens is 376 g/mol. The van der Waals surface area contributed by atoms with Gasteiger partial charge < -0.3 is 19.5 Å². The van der Waals surface area contributed by atoms with Gasteiger partial charge in [-0.15, -0.1) is 0 Å². The first-order valence-corrected chi connectivity index (χ1v) is 10.4. The molecule has 4 rings (SSSR count). The third-order valence-corrected chi connectivity index (χ3v) is 6.07. The van der Waals surface area contributed by atoms with Crippen molar-refractivity contribution in [1.29, 1.82) is 0 Å². The number of likely N-dealkylation sites (N-methyl/N-ethyl adjacent to an activating group) is 1. The van der Waals surface area contributed by atoms with E-state index in [1.165, 1.54) is 0 Å². The molecule has 1 amide bonds. The van der Waals surface area contributed by atoms with Crippen LogP contribution in [0, 0.1) is 4.77 Å². The van der Waals surface area contributed by atoms with E-state index in [4.69, 9.17) is 17.0 Å². The molecule has 0 aliphatic carbocycles. The summed E-state index contributed by atoms with van der Waals surface area (Å²) in [5, 5.41) is 0.541. The van der Waals surface area contributed by atoms with Crippen LogP contribution in [0.2, 0.25) is 0 Å². The molecule has 7 nitrogen and oxygen atoms in total. The molecule has 0 unspecified atom stereocenters. The Labute approximate surface area is 168 Å². The normalized spacial score (nSPS) is 20.8. The van der Waals surface area contributed by atoms with E-state index in [9.17, 15) is 9.59 Å². The number of nitrogens with one attached hydrogen (secondary N) is 1. The molecule has 2 aromatic rings. The lowest BCUT2D eigenvalue weighted by Crippen LogP contribution is -2.48. The van der Waals surface area contributed by atoms with E-state index in [1.807, 2.05) is 4.90 Å². The van der Waals surface area contributed by atoms with Crippen molar-refractivity contribution in [2.24, 2.45) is 0 Å². The van der Waals surface area contributed by atoms with E-state index in [2.05, 4.69) is 16.8 Å². The maximum Gasteiger partial charge on any atom is 0.262 e. The van der Waals surface area contributed by atoms with E-state index < -0.39 is 0 Å². The van der Waals surface area contributed by atoms with Gasteiger partial charge in [-0.05, 0) is 49.8 Å². The Morgan fingerprint density at radius 1 is 1.29 bits per heavy atom. The smallest absolute Gasteiger partial charge is 0.262 e. The third-order valence-electron chi connectivity index (χ3n) is 5.75. The fourth-order valence-corrected chi connectivity index (χ4v) is 4.26. The molecule has 0 saturated carbocycles. The Bertz CT molecular complexity index is 985. The number of carbonyl (C=O) groups excluding carboxylic acids is 1. The largest absolute Gasteiger partial charge is 0.376 e. The molecule has 2 aliphatic rings. The molecule has 28 heavy (non-hydrogen) atoms. The molecule has 0 spiro atoms. The predicted molar refractivity (Wildman–Crippen MR) is 110 cm³/mol. The molecule has 2 fully saturated rings. The second-order valence-electron chi connectivity index (χ2n) is 7.47. The zero-order valence-corrected chi connectivity index (χ0v) is 17.0. The number of benzene rings is 1. The Hall–Kier alpha value is -2.03. The fraction of sp³-hybridized carbons (Fsp3) is 0.550. The zero-order valence-electron chi connectivity index (χ0n) is 16.1. The number of carbonyl (C=O) groups is 1. The summed E-state index contributed by atoms with van der Waals surface area (Å²) >= 11 is 5.41. The highest BCUT2D eigenvalue weighted by Crippen LogP contribution is 2.16. The number of ether oxygens (including phenoxy) is 1. The standard InChI is InChI=1S/C20H26N4O3S/c1-2-22-7-9-23(10-8-22)18(25)14-5-6-16-17(12-14)21-20(28)24(19(16)26)13-15-4-3-11-27-15/h5-6,12,15H,2-4,7-11,13H2,1H3,(H,21,28)/t15-/m0/s1. The summed E-state index contributed by atoms with van der Waals surface area (Å²) < 4.78 is 7.58. The number of hydrogen-bond acceptors (Lipinski definition) is 5. The van der Waals surface area contributed by atoms with Crippen LogP contribution in [0.1, 0.15) is 30.1 Å². The monoisotopic (exact) mass is 402 g/mol. The van der Waals surface area contributed by atoms with E-state index in [-0.39, 0.29) is 17.6 Å². The molecule has 0 bridgehead atoms. The van der Waals surface area contributed by atoms with Gasteiger partial charge in [0.25, 0.3) is 11.5 Å². The fourth-order valence-electron chi connectivity index (χ4n) is 4.00. The van der Waals surface area contributed by atoms with Crippen molar-refractivity contribution in [3.05, 3.63) is 38.9 Å². The van der Waals surface area contributed by atoms with Crippen LogP contribution in [0.5, 0.6) is 0 Å². The molecule has 1 N–H and O–H groups in total. The highest BCUT2D eigenvalue weighted by molar-refractivity contribution is 7.71. The topological polar surface area (TPSA) is 70.6 Å². The number of aromatic amines is 1. The van der Waals surface area contributed by atoms with Gasteiger partial charge >= 0.3 is 0 Å². The molecule has 1 aromatic carbocycles. The lowest BCUT2D eigenvalue weighted by atomic mass is 10.1. The molecule has 8 heteroatoms. The lowest BCUT2D eigenvalue weighted by molar-refractivity contribution is 0.0643. The second-order valence-corrected chi connectivity index (χ2v) is 7.85. The van der Waals surface area contributed by atoms with E-state index in [0.717, 1.165) is 52.2 Å². The van der Waals surface area contributed by atoms with Crippen molar-refractivity contribution < 1.29 is 9.53 Å². The van der Waals surface area contributed by atoms with Crippen molar-refractivity contribution in [2.75, 3.05) is 39.3 Å². The minimum absolute atomic E-state index is 0.000468. The van der Waals surface area contributed by atoms with E-state index in [0.29, 0.717) is 27.8 Å². The summed E-state index contributed by atoms with van der Waals surface area (Å²) in [4.78, 5) is 33.1. The SMILES string of the molecule is CCN1CCN(C(=O)c2ccc3c(=O)n(C[C@@H]4CCCO4)c(=S)[nH]c3c2)CC1. The van der Waals surface area contributed by atoms with Crippen LogP contribution in [-0.4, -0.2) is 70.7 Å². The maximum absolute atomic E-state index is 12.9. The van der Waals surface area contributed by atoms with Crippen LogP contribution >= 0.6 is 12.2 Å². The zero-order chi connectivity index (χ0) is 19.7. The minimum atomic E-state index is -0.134. The van der Waals surface area contributed by atoms with Crippen LogP contribution in [0.15, 0.2) is 23.0 Å². The average molecular weight is 403 g/mol. The van der Waals surface area contributed by atoms with Gasteiger partial charge in [0.05, 0.1) is 23.6 Å². The molecule has 2 aliphatic heterocycles. The van der Waals surface area contributed by atoms with Crippen LogP contribution in [0.25, 0.3) is 10.9 Å². The number of piperazine rings is 1.